The van der Waals surface area contributed by atoms with E-state index in [0.717, 1.165) is 37.9 Å². The van der Waals surface area contributed by atoms with E-state index in [2.05, 4.69) is 30.4 Å². The SMILES string of the molecule is CC(C)Cc1ccc(S(=O)(=O)Nc2cc(C(=O)O)ccc2N2CCC[C@H](C)C2)cc1. The first-order valence-corrected chi connectivity index (χ1v) is 11.9. The predicted octanol–water partition coefficient (Wildman–Crippen LogP) is 4.62. The van der Waals surface area contributed by atoms with Gasteiger partial charge in [0.05, 0.1) is 21.8 Å². The Hall–Kier alpha value is -2.54. The molecule has 1 saturated heterocycles. The van der Waals surface area contributed by atoms with Crippen molar-refractivity contribution in [1.29, 1.82) is 0 Å². The number of carbonyl (C=O) groups is 1. The monoisotopic (exact) mass is 430 g/mol. The summed E-state index contributed by atoms with van der Waals surface area (Å²) in [5.41, 5.74) is 2.15. The first kappa shape index (κ1) is 22.2. The maximum Gasteiger partial charge on any atom is 0.335 e. The molecule has 0 bridgehead atoms. The van der Waals surface area contributed by atoms with E-state index in [1.54, 1.807) is 18.2 Å². The number of anilines is 2. The number of carboxylic acid groups (broad SMARTS) is 1. The molecule has 6 nitrogen and oxygen atoms in total. The fourth-order valence-electron chi connectivity index (χ4n) is 3.91. The Morgan fingerprint density at radius 1 is 1.20 bits per heavy atom. The maximum atomic E-state index is 13.0. The Kier molecular flexibility index (Phi) is 6.71. The van der Waals surface area contributed by atoms with Gasteiger partial charge in [0.15, 0.2) is 0 Å². The first-order chi connectivity index (χ1) is 14.2. The van der Waals surface area contributed by atoms with E-state index in [0.29, 0.717) is 23.2 Å². The average molecular weight is 431 g/mol. The van der Waals surface area contributed by atoms with Gasteiger partial charge in [0.25, 0.3) is 10.0 Å². The average Bonchev–Trinajstić information content (AvgIpc) is 2.67. The van der Waals surface area contributed by atoms with Crippen LogP contribution in [0.3, 0.4) is 0 Å². The van der Waals surface area contributed by atoms with Gasteiger partial charge in [0.2, 0.25) is 0 Å². The number of hydrogen-bond donors (Lipinski definition) is 2. The van der Waals surface area contributed by atoms with Gasteiger partial charge in [-0.2, -0.15) is 0 Å². The number of piperidine rings is 1. The van der Waals surface area contributed by atoms with E-state index in [-0.39, 0.29) is 10.5 Å². The van der Waals surface area contributed by atoms with Crippen molar-refractivity contribution in [1.82, 2.24) is 0 Å². The van der Waals surface area contributed by atoms with Crippen LogP contribution in [-0.4, -0.2) is 32.6 Å². The Bertz CT molecular complexity index is 1000. The number of nitrogens with zero attached hydrogens (tertiary/aromatic N) is 1. The summed E-state index contributed by atoms with van der Waals surface area (Å²) in [5.74, 6) is -0.109. The summed E-state index contributed by atoms with van der Waals surface area (Å²) in [6.45, 7) is 8.02. The molecule has 0 unspecified atom stereocenters. The van der Waals surface area contributed by atoms with Crippen LogP contribution in [0.2, 0.25) is 0 Å². The number of sulfonamides is 1. The van der Waals surface area contributed by atoms with E-state index < -0.39 is 16.0 Å². The minimum absolute atomic E-state index is 0.0498. The van der Waals surface area contributed by atoms with Crippen LogP contribution < -0.4 is 9.62 Å². The summed E-state index contributed by atoms with van der Waals surface area (Å²) in [6, 6.07) is 11.5. The molecule has 0 radical (unpaired) electrons. The van der Waals surface area contributed by atoms with Crippen molar-refractivity contribution >= 4 is 27.4 Å². The molecule has 0 aliphatic carbocycles. The fraction of sp³-hybridized carbons (Fsp3) is 0.435. The van der Waals surface area contributed by atoms with Gasteiger partial charge in [-0.3, -0.25) is 4.72 Å². The predicted molar refractivity (Wildman–Crippen MR) is 120 cm³/mol. The third-order valence-corrected chi connectivity index (χ3v) is 6.74. The highest BCUT2D eigenvalue weighted by atomic mass is 32.2. The fourth-order valence-corrected chi connectivity index (χ4v) is 4.98. The zero-order valence-corrected chi connectivity index (χ0v) is 18.6. The van der Waals surface area contributed by atoms with Crippen LogP contribution in [0.15, 0.2) is 47.4 Å². The first-order valence-electron chi connectivity index (χ1n) is 10.4. The molecule has 1 heterocycles. The standard InChI is InChI=1S/C23H30N2O4S/c1-16(2)13-18-6-9-20(10-7-18)30(28,29)24-21-14-19(23(26)27)8-11-22(21)25-12-4-5-17(3)15-25/h6-11,14,16-17,24H,4-5,12-13,15H2,1-3H3,(H,26,27)/t17-/m0/s1. The van der Waals surface area contributed by atoms with Crippen LogP contribution in [-0.2, 0) is 16.4 Å². The number of nitrogens with one attached hydrogen (secondary N) is 1. The molecule has 3 rings (SSSR count). The third kappa shape index (κ3) is 5.33. The van der Waals surface area contributed by atoms with Gasteiger partial charge in [0, 0.05) is 13.1 Å². The summed E-state index contributed by atoms with van der Waals surface area (Å²) in [7, 11) is -3.85. The largest absolute Gasteiger partial charge is 0.478 e. The van der Waals surface area contributed by atoms with Crippen molar-refractivity contribution in [3.63, 3.8) is 0 Å². The molecule has 0 saturated carbocycles. The zero-order chi connectivity index (χ0) is 21.9. The van der Waals surface area contributed by atoms with Crippen molar-refractivity contribution in [2.75, 3.05) is 22.7 Å². The number of aromatic carboxylic acids is 1. The highest BCUT2D eigenvalue weighted by Crippen LogP contribution is 2.32. The topological polar surface area (TPSA) is 86.7 Å². The van der Waals surface area contributed by atoms with E-state index in [1.807, 2.05) is 12.1 Å². The number of carboxylic acids is 1. The molecule has 7 heteroatoms. The van der Waals surface area contributed by atoms with Crippen molar-refractivity contribution in [3.8, 4) is 0 Å². The molecule has 1 aliphatic heterocycles. The Labute approximate surface area is 179 Å². The maximum absolute atomic E-state index is 13.0. The van der Waals surface area contributed by atoms with Crippen LogP contribution in [0, 0.1) is 11.8 Å². The molecule has 30 heavy (non-hydrogen) atoms. The summed E-state index contributed by atoms with van der Waals surface area (Å²) in [5, 5.41) is 9.38. The molecule has 1 fully saturated rings. The van der Waals surface area contributed by atoms with E-state index >= 15 is 0 Å². The summed E-state index contributed by atoms with van der Waals surface area (Å²) in [6.07, 6.45) is 3.03. The quantitative estimate of drug-likeness (QED) is 0.669. The van der Waals surface area contributed by atoms with Crippen LogP contribution in [0.5, 0.6) is 0 Å². The van der Waals surface area contributed by atoms with Gasteiger partial charge in [-0.05, 0) is 67.0 Å². The number of rotatable bonds is 7. The van der Waals surface area contributed by atoms with Crippen molar-refractivity contribution in [2.45, 2.75) is 44.9 Å². The minimum atomic E-state index is -3.85. The summed E-state index contributed by atoms with van der Waals surface area (Å²) >= 11 is 0. The van der Waals surface area contributed by atoms with Crippen molar-refractivity contribution in [2.24, 2.45) is 11.8 Å². The van der Waals surface area contributed by atoms with E-state index in [9.17, 15) is 18.3 Å². The Balaban J connectivity index is 1.93. The van der Waals surface area contributed by atoms with E-state index in [4.69, 9.17) is 0 Å². The molecule has 162 valence electrons. The van der Waals surface area contributed by atoms with Crippen LogP contribution in [0.4, 0.5) is 11.4 Å². The normalized spacial score (nSPS) is 17.2. The molecule has 2 aromatic rings. The highest BCUT2D eigenvalue weighted by Gasteiger charge is 2.23. The van der Waals surface area contributed by atoms with Gasteiger partial charge in [-0.15, -0.1) is 0 Å². The smallest absolute Gasteiger partial charge is 0.335 e. The van der Waals surface area contributed by atoms with Crippen molar-refractivity contribution in [3.05, 3.63) is 53.6 Å². The summed E-state index contributed by atoms with van der Waals surface area (Å²) in [4.78, 5) is 13.8. The van der Waals surface area contributed by atoms with Gasteiger partial charge >= 0.3 is 5.97 Å². The van der Waals surface area contributed by atoms with Crippen LogP contribution in [0.1, 0.15) is 49.5 Å². The van der Waals surface area contributed by atoms with Gasteiger partial charge in [-0.25, -0.2) is 13.2 Å². The van der Waals surface area contributed by atoms with Gasteiger partial charge in [0.1, 0.15) is 0 Å². The van der Waals surface area contributed by atoms with Crippen molar-refractivity contribution < 1.29 is 18.3 Å². The zero-order valence-electron chi connectivity index (χ0n) is 17.8. The second kappa shape index (κ2) is 9.08. The Morgan fingerprint density at radius 2 is 1.90 bits per heavy atom. The lowest BCUT2D eigenvalue weighted by Gasteiger charge is -2.34. The van der Waals surface area contributed by atoms with Gasteiger partial charge in [-0.1, -0.05) is 32.9 Å². The molecule has 1 atom stereocenters. The molecular formula is C23H30N2O4S. The second-order valence-corrected chi connectivity index (χ2v) is 10.3. The molecule has 2 aromatic carbocycles. The Morgan fingerprint density at radius 3 is 2.50 bits per heavy atom. The van der Waals surface area contributed by atoms with Crippen LogP contribution in [0.25, 0.3) is 0 Å². The molecule has 0 aromatic heterocycles. The number of hydrogen-bond acceptors (Lipinski definition) is 4. The lowest BCUT2D eigenvalue weighted by atomic mass is 9.99. The molecule has 0 amide bonds. The lowest BCUT2D eigenvalue weighted by Crippen LogP contribution is -2.35. The molecular weight excluding hydrogens is 400 g/mol. The molecule has 1 aliphatic rings. The lowest BCUT2D eigenvalue weighted by molar-refractivity contribution is 0.0697. The third-order valence-electron chi connectivity index (χ3n) is 5.36. The minimum Gasteiger partial charge on any atom is -0.478 e. The van der Waals surface area contributed by atoms with E-state index in [1.165, 1.54) is 12.1 Å². The second-order valence-electron chi connectivity index (χ2n) is 8.58. The van der Waals surface area contributed by atoms with Crippen LogP contribution >= 0.6 is 0 Å². The molecule has 2 N–H and O–H groups in total. The van der Waals surface area contributed by atoms with Gasteiger partial charge < -0.3 is 10.0 Å². The highest BCUT2D eigenvalue weighted by molar-refractivity contribution is 7.92. The number of benzene rings is 2. The summed E-state index contributed by atoms with van der Waals surface area (Å²) < 4.78 is 28.7. The molecule has 0 spiro atoms.